The zero-order valence-corrected chi connectivity index (χ0v) is 15.2. The summed E-state index contributed by atoms with van der Waals surface area (Å²) >= 11 is 4.95. The summed E-state index contributed by atoms with van der Waals surface area (Å²) in [5, 5.41) is 13.7. The van der Waals surface area contributed by atoms with Crippen LogP contribution in [0.3, 0.4) is 0 Å². The summed E-state index contributed by atoms with van der Waals surface area (Å²) < 4.78 is 1.13. The molecule has 0 unspecified atom stereocenters. The van der Waals surface area contributed by atoms with Crippen molar-refractivity contribution in [1.29, 1.82) is 0 Å². The van der Waals surface area contributed by atoms with E-state index in [2.05, 4.69) is 22.4 Å². The summed E-state index contributed by atoms with van der Waals surface area (Å²) in [5.74, 6) is 0.291. The highest BCUT2D eigenvalue weighted by Gasteiger charge is 2.28. The molecule has 2 heterocycles. The second kappa shape index (κ2) is 7.10. The van der Waals surface area contributed by atoms with Gasteiger partial charge in [-0.25, -0.2) is 0 Å². The largest absolute Gasteiger partial charge is 0.360 e. The average Bonchev–Trinajstić information content (AvgIpc) is 3.12. The fourth-order valence-corrected chi connectivity index (χ4v) is 5.58. The van der Waals surface area contributed by atoms with E-state index in [1.54, 1.807) is 34.4 Å². The van der Waals surface area contributed by atoms with Crippen LogP contribution in [-0.2, 0) is 6.42 Å². The lowest BCUT2D eigenvalue weighted by Gasteiger charge is -2.11. The van der Waals surface area contributed by atoms with Crippen molar-refractivity contribution in [2.75, 3.05) is 18.1 Å². The molecule has 0 bridgehead atoms. The van der Waals surface area contributed by atoms with Crippen LogP contribution >= 0.6 is 34.4 Å². The molecule has 0 spiro atoms. The number of rotatable bonds is 6. The van der Waals surface area contributed by atoms with Gasteiger partial charge in [-0.1, -0.05) is 24.7 Å². The van der Waals surface area contributed by atoms with E-state index < -0.39 is 0 Å². The van der Waals surface area contributed by atoms with Crippen LogP contribution < -0.4 is 5.32 Å². The number of carbonyl (C=O) groups excluding carboxylic acids is 1. The first-order valence-corrected chi connectivity index (χ1v) is 10.4. The quantitative estimate of drug-likeness (QED) is 0.601. The van der Waals surface area contributed by atoms with Crippen LogP contribution in [0.5, 0.6) is 0 Å². The molecule has 0 saturated carbocycles. The predicted octanol–water partition coefficient (Wildman–Crippen LogP) is 4.72. The third-order valence-corrected chi connectivity index (χ3v) is 7.08. The normalized spacial score (nSPS) is 14.2. The Morgan fingerprint density at radius 2 is 2.14 bits per heavy atom. The van der Waals surface area contributed by atoms with Gasteiger partial charge in [0.1, 0.15) is 0 Å². The van der Waals surface area contributed by atoms with Crippen molar-refractivity contribution in [2.45, 2.75) is 43.2 Å². The van der Waals surface area contributed by atoms with Crippen LogP contribution in [0.1, 0.15) is 48.5 Å². The number of thiophene rings is 1. The Hall–Kier alpha value is -0.920. The van der Waals surface area contributed by atoms with Crippen LogP contribution in [0.2, 0.25) is 0 Å². The van der Waals surface area contributed by atoms with Crippen LogP contribution in [-0.4, -0.2) is 28.8 Å². The zero-order chi connectivity index (χ0) is 15.5. The summed E-state index contributed by atoms with van der Waals surface area (Å²) in [7, 11) is 0. The molecule has 7 heteroatoms. The number of unbranched alkanes of at least 4 members (excludes halogenated alkanes) is 1. The van der Waals surface area contributed by atoms with Gasteiger partial charge in [0.05, 0.1) is 9.09 Å². The molecule has 0 saturated heterocycles. The van der Waals surface area contributed by atoms with Gasteiger partial charge in [0, 0.05) is 18.5 Å². The Kier molecular flexibility index (Phi) is 5.15. The predicted molar refractivity (Wildman–Crippen MR) is 95.7 cm³/mol. The van der Waals surface area contributed by atoms with Crippen molar-refractivity contribution in [3.05, 3.63) is 11.1 Å². The number of anilines is 1. The molecule has 0 amide bonds. The molecule has 0 radical (unpaired) electrons. The van der Waals surface area contributed by atoms with Gasteiger partial charge in [0.2, 0.25) is 5.13 Å². The molecule has 2 aromatic heterocycles. The molecule has 22 heavy (non-hydrogen) atoms. The number of thioether (sulfide) groups is 1. The molecule has 0 aromatic carbocycles. The SMILES string of the molecule is CCCCNc1nnc(-c2sc(SC)c3c2CCCC3=O)s1. The lowest BCUT2D eigenvalue weighted by atomic mass is 9.93. The van der Waals surface area contributed by atoms with Crippen LogP contribution in [0.15, 0.2) is 4.21 Å². The lowest BCUT2D eigenvalue weighted by molar-refractivity contribution is 0.0970. The summed E-state index contributed by atoms with van der Waals surface area (Å²) in [6, 6.07) is 0. The standard InChI is InChI=1S/C15H19N3OS3/c1-3-4-8-16-15-18-17-13(22-15)12-9-6-5-7-10(19)11(9)14(20-2)21-12/h3-8H2,1-2H3,(H,16,18). The molecule has 1 aliphatic rings. The first-order chi connectivity index (χ1) is 10.7. The molecular formula is C15H19N3OS3. The van der Waals surface area contributed by atoms with Crippen molar-refractivity contribution >= 4 is 45.4 Å². The van der Waals surface area contributed by atoms with Gasteiger partial charge in [-0.05, 0) is 31.1 Å². The smallest absolute Gasteiger partial charge is 0.206 e. The van der Waals surface area contributed by atoms with E-state index in [1.807, 2.05) is 6.26 Å². The maximum absolute atomic E-state index is 12.2. The number of hydrogen-bond donors (Lipinski definition) is 1. The molecule has 1 N–H and O–H groups in total. The van der Waals surface area contributed by atoms with Crippen molar-refractivity contribution in [1.82, 2.24) is 10.2 Å². The number of ketones is 1. The minimum atomic E-state index is 0.291. The van der Waals surface area contributed by atoms with Gasteiger partial charge in [0.25, 0.3) is 0 Å². The molecular weight excluding hydrogens is 334 g/mol. The second-order valence-corrected chi connectivity index (χ2v) is 8.32. The molecule has 3 rings (SSSR count). The first kappa shape index (κ1) is 16.0. The van der Waals surface area contributed by atoms with E-state index in [1.165, 1.54) is 5.56 Å². The van der Waals surface area contributed by atoms with Crippen molar-refractivity contribution < 1.29 is 4.79 Å². The molecule has 118 valence electrons. The molecule has 4 nitrogen and oxygen atoms in total. The number of fused-ring (bicyclic) bond motifs is 1. The number of nitrogens with zero attached hydrogens (tertiary/aromatic N) is 2. The van der Waals surface area contributed by atoms with Gasteiger partial charge in [0.15, 0.2) is 10.8 Å². The molecule has 2 aromatic rings. The second-order valence-electron chi connectivity index (χ2n) is 5.25. The Morgan fingerprint density at radius 3 is 2.91 bits per heavy atom. The highest BCUT2D eigenvalue weighted by atomic mass is 32.2. The Labute approximate surface area is 142 Å². The zero-order valence-electron chi connectivity index (χ0n) is 12.8. The third-order valence-electron chi connectivity index (χ3n) is 3.70. The van der Waals surface area contributed by atoms with Crippen LogP contribution in [0.4, 0.5) is 5.13 Å². The molecule has 0 fully saturated rings. The highest BCUT2D eigenvalue weighted by molar-refractivity contribution is 8.00. The summed E-state index contributed by atoms with van der Waals surface area (Å²) in [5.41, 5.74) is 2.15. The molecule has 1 aliphatic carbocycles. The fourth-order valence-electron chi connectivity index (χ4n) is 2.59. The summed E-state index contributed by atoms with van der Waals surface area (Å²) in [4.78, 5) is 13.4. The molecule has 0 atom stereocenters. The van der Waals surface area contributed by atoms with Gasteiger partial charge < -0.3 is 5.32 Å². The number of carbonyl (C=O) groups is 1. The third kappa shape index (κ3) is 3.07. The van der Waals surface area contributed by atoms with Gasteiger partial charge in [-0.2, -0.15) is 0 Å². The molecule has 0 aliphatic heterocycles. The van der Waals surface area contributed by atoms with Crippen LogP contribution in [0.25, 0.3) is 9.88 Å². The Bertz CT molecular complexity index is 678. The van der Waals surface area contributed by atoms with Gasteiger partial charge in [-0.15, -0.1) is 33.3 Å². The monoisotopic (exact) mass is 353 g/mol. The van der Waals surface area contributed by atoms with E-state index in [0.717, 1.165) is 57.0 Å². The number of hydrogen-bond acceptors (Lipinski definition) is 7. The Balaban J connectivity index is 1.90. The topological polar surface area (TPSA) is 54.9 Å². The fraction of sp³-hybridized carbons (Fsp3) is 0.533. The van der Waals surface area contributed by atoms with E-state index >= 15 is 0 Å². The summed E-state index contributed by atoms with van der Waals surface area (Å²) in [6.07, 6.45) is 6.94. The number of Topliss-reactive ketones (excluding diaryl/α,β-unsaturated/α-hetero) is 1. The van der Waals surface area contributed by atoms with Crippen LogP contribution in [0, 0.1) is 0 Å². The maximum atomic E-state index is 12.2. The number of aromatic nitrogens is 2. The highest BCUT2D eigenvalue weighted by Crippen LogP contribution is 2.45. The van der Waals surface area contributed by atoms with E-state index in [-0.39, 0.29) is 0 Å². The average molecular weight is 354 g/mol. The Morgan fingerprint density at radius 1 is 1.27 bits per heavy atom. The van der Waals surface area contributed by atoms with Crippen molar-refractivity contribution in [3.63, 3.8) is 0 Å². The van der Waals surface area contributed by atoms with Crippen molar-refractivity contribution in [3.8, 4) is 9.88 Å². The number of nitrogens with one attached hydrogen (secondary N) is 1. The van der Waals surface area contributed by atoms with E-state index in [9.17, 15) is 4.79 Å². The summed E-state index contributed by atoms with van der Waals surface area (Å²) in [6.45, 7) is 3.11. The van der Waals surface area contributed by atoms with Crippen molar-refractivity contribution in [2.24, 2.45) is 0 Å². The van der Waals surface area contributed by atoms with Gasteiger partial charge >= 0.3 is 0 Å². The first-order valence-electron chi connectivity index (χ1n) is 7.55. The minimum absolute atomic E-state index is 0.291. The van der Waals surface area contributed by atoms with Gasteiger partial charge in [-0.3, -0.25) is 4.79 Å². The van der Waals surface area contributed by atoms with E-state index in [0.29, 0.717) is 12.2 Å². The maximum Gasteiger partial charge on any atom is 0.206 e. The minimum Gasteiger partial charge on any atom is -0.360 e. The lowest BCUT2D eigenvalue weighted by Crippen LogP contribution is -2.09. The van der Waals surface area contributed by atoms with E-state index in [4.69, 9.17) is 0 Å².